The Balaban J connectivity index is 1.94. The second-order valence-electron chi connectivity index (χ2n) is 3.81. The van der Waals surface area contributed by atoms with Crippen LogP contribution >= 0.6 is 12.2 Å². The summed E-state index contributed by atoms with van der Waals surface area (Å²) in [4.78, 5) is 0. The number of hydrogen-bond acceptors (Lipinski definition) is 3. The first-order valence-electron chi connectivity index (χ1n) is 5.66. The molecule has 0 bridgehead atoms. The molecule has 0 amide bonds. The Bertz CT molecular complexity index is 506. The second kappa shape index (κ2) is 6.17. The molecule has 2 aromatic rings. The van der Waals surface area contributed by atoms with Crippen LogP contribution in [0.25, 0.3) is 0 Å². The molecule has 0 heterocycles. The van der Waals surface area contributed by atoms with Crippen molar-refractivity contribution in [1.29, 1.82) is 0 Å². The van der Waals surface area contributed by atoms with Gasteiger partial charge in [-0.05, 0) is 42.0 Å². The van der Waals surface area contributed by atoms with Crippen molar-refractivity contribution in [1.82, 2.24) is 0 Å². The summed E-state index contributed by atoms with van der Waals surface area (Å²) in [6.45, 7) is 0. The molecule has 0 aromatic heterocycles. The monoisotopic (exact) mass is 258 g/mol. The maximum absolute atomic E-state index is 5.58. The largest absolute Gasteiger partial charge is 0.497 e. The molecule has 0 spiro atoms. The molecule has 92 valence electrons. The lowest BCUT2D eigenvalue weighted by Gasteiger charge is -2.07. The fourth-order valence-corrected chi connectivity index (χ4v) is 1.83. The number of ether oxygens (including phenoxy) is 2. The zero-order valence-electron chi connectivity index (χ0n) is 10.1. The normalized spacial score (nSPS) is 9.83. The van der Waals surface area contributed by atoms with Gasteiger partial charge in [0.1, 0.15) is 11.5 Å². The molecule has 0 fully saturated rings. The third kappa shape index (κ3) is 3.57. The number of methoxy groups -OCH3 is 1. The summed E-state index contributed by atoms with van der Waals surface area (Å²) >= 11 is 5.23. The second-order valence-corrected chi connectivity index (χ2v) is 4.27. The molecular formula is C15H14O2S. The van der Waals surface area contributed by atoms with E-state index in [4.69, 9.17) is 21.7 Å². The molecule has 2 rings (SSSR count). The predicted octanol–water partition coefficient (Wildman–Crippen LogP) is 3.64. The lowest BCUT2D eigenvalue weighted by molar-refractivity contribution is 0.414. The molecule has 2 aromatic carbocycles. The third-order valence-corrected chi connectivity index (χ3v) is 2.71. The van der Waals surface area contributed by atoms with Crippen molar-refractivity contribution in [2.75, 3.05) is 7.11 Å². The van der Waals surface area contributed by atoms with Crippen LogP contribution in [0.1, 0.15) is 5.56 Å². The van der Waals surface area contributed by atoms with E-state index in [1.165, 1.54) is 0 Å². The Morgan fingerprint density at radius 1 is 0.944 bits per heavy atom. The van der Waals surface area contributed by atoms with Crippen LogP contribution in [0.4, 0.5) is 0 Å². The number of para-hydroxylation sites is 1. The number of thiocarbonyl (C=S) groups is 1. The Labute approximate surface area is 112 Å². The van der Waals surface area contributed by atoms with Gasteiger partial charge in [0.05, 0.1) is 7.11 Å². The molecule has 0 atom stereocenters. The topological polar surface area (TPSA) is 18.5 Å². The molecule has 0 aliphatic rings. The molecular weight excluding hydrogens is 244 g/mol. The van der Waals surface area contributed by atoms with Crippen LogP contribution in [0.5, 0.6) is 11.5 Å². The summed E-state index contributed by atoms with van der Waals surface area (Å²) in [6, 6.07) is 17.4. The van der Waals surface area contributed by atoms with Crippen LogP contribution in [0.2, 0.25) is 0 Å². The lowest BCUT2D eigenvalue weighted by atomic mass is 10.1. The van der Waals surface area contributed by atoms with Crippen LogP contribution < -0.4 is 9.47 Å². The van der Waals surface area contributed by atoms with E-state index in [0.29, 0.717) is 11.5 Å². The Kier molecular flexibility index (Phi) is 4.31. The maximum atomic E-state index is 5.58. The van der Waals surface area contributed by atoms with E-state index in [1.807, 2.05) is 54.6 Å². The van der Waals surface area contributed by atoms with Crippen LogP contribution in [0.15, 0.2) is 54.6 Å². The van der Waals surface area contributed by atoms with Gasteiger partial charge in [-0.15, -0.1) is 0 Å². The van der Waals surface area contributed by atoms with Gasteiger partial charge in [0.2, 0.25) is 0 Å². The minimum absolute atomic E-state index is 0.561. The minimum atomic E-state index is 0.561. The van der Waals surface area contributed by atoms with Crippen molar-refractivity contribution < 1.29 is 9.47 Å². The van der Waals surface area contributed by atoms with E-state index in [1.54, 1.807) is 7.11 Å². The number of benzene rings is 2. The van der Waals surface area contributed by atoms with Crippen molar-refractivity contribution in [3.8, 4) is 11.5 Å². The smallest absolute Gasteiger partial charge is 0.171 e. The van der Waals surface area contributed by atoms with E-state index in [0.717, 1.165) is 17.1 Å². The molecule has 0 unspecified atom stereocenters. The first kappa shape index (κ1) is 12.6. The van der Waals surface area contributed by atoms with Crippen molar-refractivity contribution in [3.63, 3.8) is 0 Å². The molecule has 0 radical (unpaired) electrons. The van der Waals surface area contributed by atoms with Crippen LogP contribution in [0.3, 0.4) is 0 Å². The number of hydrogen-bond donors (Lipinski definition) is 0. The minimum Gasteiger partial charge on any atom is -0.497 e. The Hall–Kier alpha value is -1.87. The van der Waals surface area contributed by atoms with Gasteiger partial charge < -0.3 is 9.47 Å². The van der Waals surface area contributed by atoms with Crippen molar-refractivity contribution >= 4 is 17.3 Å². The quantitative estimate of drug-likeness (QED) is 0.780. The maximum Gasteiger partial charge on any atom is 0.171 e. The van der Waals surface area contributed by atoms with Gasteiger partial charge in [0, 0.05) is 6.42 Å². The molecule has 2 nitrogen and oxygen atoms in total. The van der Waals surface area contributed by atoms with Crippen LogP contribution in [-0.4, -0.2) is 12.2 Å². The average molecular weight is 258 g/mol. The van der Waals surface area contributed by atoms with Gasteiger partial charge in [0.25, 0.3) is 0 Å². The van der Waals surface area contributed by atoms with Crippen molar-refractivity contribution in [2.24, 2.45) is 0 Å². The van der Waals surface area contributed by atoms with Crippen molar-refractivity contribution in [2.45, 2.75) is 6.42 Å². The fourth-order valence-electron chi connectivity index (χ4n) is 1.57. The Morgan fingerprint density at radius 2 is 1.61 bits per heavy atom. The highest BCUT2D eigenvalue weighted by Crippen LogP contribution is 2.14. The zero-order valence-corrected chi connectivity index (χ0v) is 10.9. The highest BCUT2D eigenvalue weighted by atomic mass is 32.1. The van der Waals surface area contributed by atoms with Gasteiger partial charge in [0.15, 0.2) is 5.05 Å². The van der Waals surface area contributed by atoms with E-state index < -0.39 is 0 Å². The summed E-state index contributed by atoms with van der Waals surface area (Å²) in [6.07, 6.45) is 0.619. The highest BCUT2D eigenvalue weighted by Gasteiger charge is 2.02. The standard InChI is InChI=1S/C15H14O2S/c1-16-13-9-7-12(8-10-13)11-15(18)17-14-5-3-2-4-6-14/h2-10H,11H2,1H3. The molecule has 18 heavy (non-hydrogen) atoms. The van der Waals surface area contributed by atoms with Crippen LogP contribution in [-0.2, 0) is 6.42 Å². The SMILES string of the molecule is COc1ccc(CC(=S)Oc2ccccc2)cc1. The van der Waals surface area contributed by atoms with Gasteiger partial charge in [-0.1, -0.05) is 30.3 Å². The van der Waals surface area contributed by atoms with E-state index in [-0.39, 0.29) is 0 Å². The summed E-state index contributed by atoms with van der Waals surface area (Å²) in [7, 11) is 1.65. The van der Waals surface area contributed by atoms with Crippen molar-refractivity contribution in [3.05, 3.63) is 60.2 Å². The molecule has 0 saturated heterocycles. The fraction of sp³-hybridized carbons (Fsp3) is 0.133. The first-order chi connectivity index (χ1) is 8.78. The lowest BCUT2D eigenvalue weighted by Crippen LogP contribution is -2.08. The van der Waals surface area contributed by atoms with E-state index in [2.05, 4.69) is 0 Å². The molecule has 3 heteroatoms. The van der Waals surface area contributed by atoms with E-state index >= 15 is 0 Å². The summed E-state index contributed by atoms with van der Waals surface area (Å²) < 4.78 is 10.7. The highest BCUT2D eigenvalue weighted by molar-refractivity contribution is 7.80. The van der Waals surface area contributed by atoms with Gasteiger partial charge >= 0.3 is 0 Å². The summed E-state index contributed by atoms with van der Waals surface area (Å²) in [5.74, 6) is 1.62. The predicted molar refractivity (Wildman–Crippen MR) is 76.4 cm³/mol. The summed E-state index contributed by atoms with van der Waals surface area (Å²) in [5.41, 5.74) is 1.11. The molecule has 0 N–H and O–H groups in total. The molecule has 0 saturated carbocycles. The first-order valence-corrected chi connectivity index (χ1v) is 6.07. The van der Waals surface area contributed by atoms with Gasteiger partial charge in [-0.2, -0.15) is 0 Å². The third-order valence-electron chi connectivity index (χ3n) is 2.48. The molecule has 0 aliphatic carbocycles. The van der Waals surface area contributed by atoms with Gasteiger partial charge in [-0.3, -0.25) is 0 Å². The van der Waals surface area contributed by atoms with Crippen LogP contribution in [0, 0.1) is 0 Å². The Morgan fingerprint density at radius 3 is 2.22 bits per heavy atom. The summed E-state index contributed by atoms with van der Waals surface area (Å²) in [5, 5.41) is 0.561. The van der Waals surface area contributed by atoms with E-state index in [9.17, 15) is 0 Å². The number of rotatable bonds is 4. The zero-order chi connectivity index (χ0) is 12.8. The molecule has 0 aliphatic heterocycles. The van der Waals surface area contributed by atoms with Gasteiger partial charge in [-0.25, -0.2) is 0 Å². The average Bonchev–Trinajstić information content (AvgIpc) is 2.40.